The Morgan fingerprint density at radius 2 is 2.19 bits per heavy atom. The first kappa shape index (κ1) is 13.0. The largest absolute Gasteiger partial charge is 0.493 e. The molecule has 0 fully saturated rings. The predicted octanol–water partition coefficient (Wildman–Crippen LogP) is 3.09. The molecule has 5 heteroatoms. The molecule has 1 aromatic rings. The highest BCUT2D eigenvalue weighted by Gasteiger charge is 2.24. The molecule has 0 aliphatic carbocycles. The van der Waals surface area contributed by atoms with Crippen molar-refractivity contribution in [2.75, 3.05) is 7.11 Å². The van der Waals surface area contributed by atoms with Crippen molar-refractivity contribution in [3.05, 3.63) is 27.5 Å². The average Bonchev–Trinajstić information content (AvgIpc) is 2.21. The van der Waals surface area contributed by atoms with Crippen LogP contribution in [0.3, 0.4) is 0 Å². The van der Waals surface area contributed by atoms with Crippen molar-refractivity contribution in [2.24, 2.45) is 0 Å². The van der Waals surface area contributed by atoms with Crippen molar-refractivity contribution >= 4 is 21.9 Å². The number of carboxylic acid groups (broad SMARTS) is 1. The third-order valence-corrected chi connectivity index (χ3v) is 3.31. The molecule has 1 rings (SSSR count). The van der Waals surface area contributed by atoms with Gasteiger partial charge in [-0.15, -0.1) is 0 Å². The van der Waals surface area contributed by atoms with Crippen molar-refractivity contribution in [3.8, 4) is 5.75 Å². The van der Waals surface area contributed by atoms with Gasteiger partial charge in [0.25, 0.3) is 0 Å². The van der Waals surface area contributed by atoms with Gasteiger partial charge >= 0.3 is 5.97 Å². The van der Waals surface area contributed by atoms with Gasteiger partial charge in [-0.1, -0.05) is 15.9 Å². The van der Waals surface area contributed by atoms with Crippen LogP contribution in [-0.4, -0.2) is 18.2 Å². The second kappa shape index (κ2) is 4.82. The van der Waals surface area contributed by atoms with Crippen molar-refractivity contribution in [3.63, 3.8) is 0 Å². The van der Waals surface area contributed by atoms with E-state index in [-0.39, 0.29) is 5.75 Å². The Hall–Kier alpha value is -1.10. The van der Waals surface area contributed by atoms with Crippen molar-refractivity contribution in [1.29, 1.82) is 0 Å². The molecule has 0 aliphatic rings. The number of ether oxygens (including phenoxy) is 1. The number of rotatable bonds is 3. The summed E-state index contributed by atoms with van der Waals surface area (Å²) in [5.41, 5.74) is 1.04. The van der Waals surface area contributed by atoms with Crippen molar-refractivity contribution in [1.82, 2.24) is 0 Å². The van der Waals surface area contributed by atoms with Crippen LogP contribution >= 0.6 is 15.9 Å². The molecule has 1 atom stereocenters. The van der Waals surface area contributed by atoms with E-state index in [4.69, 9.17) is 9.84 Å². The first-order chi connectivity index (χ1) is 7.40. The van der Waals surface area contributed by atoms with E-state index in [0.717, 1.165) is 0 Å². The lowest BCUT2D eigenvalue weighted by Gasteiger charge is -2.17. The molecular formula is C11H12BrFO3. The molecule has 0 aromatic heterocycles. The zero-order valence-corrected chi connectivity index (χ0v) is 10.8. The second-order valence-electron chi connectivity index (χ2n) is 3.47. The highest BCUT2D eigenvalue weighted by atomic mass is 79.9. The first-order valence-electron chi connectivity index (χ1n) is 4.65. The smallest absolute Gasteiger partial charge is 0.310 e. The average molecular weight is 291 g/mol. The van der Waals surface area contributed by atoms with Gasteiger partial charge in [-0.05, 0) is 25.5 Å². The summed E-state index contributed by atoms with van der Waals surface area (Å²) in [4.78, 5) is 10.9. The molecule has 0 saturated heterocycles. The number of aliphatic carboxylic acids is 1. The quantitative estimate of drug-likeness (QED) is 0.930. The number of methoxy groups -OCH3 is 1. The fraction of sp³-hybridized carbons (Fsp3) is 0.364. The maximum atomic E-state index is 13.6. The predicted molar refractivity (Wildman–Crippen MR) is 61.4 cm³/mol. The Morgan fingerprint density at radius 1 is 1.62 bits per heavy atom. The van der Waals surface area contributed by atoms with E-state index in [1.54, 1.807) is 6.92 Å². The van der Waals surface area contributed by atoms with E-state index in [2.05, 4.69) is 15.9 Å². The van der Waals surface area contributed by atoms with Gasteiger partial charge in [0.15, 0.2) is 11.6 Å². The fourth-order valence-electron chi connectivity index (χ4n) is 1.56. The standard InChI is InChI=1S/C11H12BrFO3/c1-5-7(12)4-8(13)10(16-3)9(5)6(2)11(14)15/h4,6H,1-3H3,(H,14,15). The summed E-state index contributed by atoms with van der Waals surface area (Å²) in [6, 6.07) is 1.27. The summed E-state index contributed by atoms with van der Waals surface area (Å²) < 4.78 is 19.0. The normalized spacial score (nSPS) is 12.3. The summed E-state index contributed by atoms with van der Waals surface area (Å²) in [7, 11) is 1.32. The molecule has 1 unspecified atom stereocenters. The molecule has 88 valence electrons. The van der Waals surface area contributed by atoms with Gasteiger partial charge in [-0.3, -0.25) is 4.79 Å². The summed E-state index contributed by atoms with van der Waals surface area (Å²) >= 11 is 3.19. The van der Waals surface area contributed by atoms with Gasteiger partial charge in [0.2, 0.25) is 0 Å². The van der Waals surface area contributed by atoms with Gasteiger partial charge in [-0.25, -0.2) is 4.39 Å². The molecule has 0 heterocycles. The SMILES string of the molecule is COc1c(F)cc(Br)c(C)c1C(C)C(=O)O. The summed E-state index contributed by atoms with van der Waals surface area (Å²) in [6.07, 6.45) is 0. The molecule has 0 amide bonds. The number of hydrogen-bond acceptors (Lipinski definition) is 2. The zero-order valence-electron chi connectivity index (χ0n) is 9.17. The molecule has 1 aromatic carbocycles. The molecule has 1 N–H and O–H groups in total. The lowest BCUT2D eigenvalue weighted by Crippen LogP contribution is -2.12. The summed E-state index contributed by atoms with van der Waals surface area (Å²) in [5.74, 6) is -2.40. The monoisotopic (exact) mass is 290 g/mol. The Morgan fingerprint density at radius 3 is 2.62 bits per heavy atom. The number of carbonyl (C=O) groups is 1. The minimum atomic E-state index is -1.01. The summed E-state index contributed by atoms with van der Waals surface area (Å²) in [5, 5.41) is 8.97. The second-order valence-corrected chi connectivity index (χ2v) is 4.33. The van der Waals surface area contributed by atoms with Crippen LogP contribution in [-0.2, 0) is 4.79 Å². The number of benzene rings is 1. The number of hydrogen-bond donors (Lipinski definition) is 1. The fourth-order valence-corrected chi connectivity index (χ4v) is 1.98. The van der Waals surface area contributed by atoms with Gasteiger partial charge in [0, 0.05) is 10.0 Å². The van der Waals surface area contributed by atoms with E-state index < -0.39 is 17.7 Å². The topological polar surface area (TPSA) is 46.5 Å². The Kier molecular flexibility index (Phi) is 3.91. The Bertz CT molecular complexity index is 432. The Labute approximate surface area is 101 Å². The third kappa shape index (κ3) is 2.19. The highest BCUT2D eigenvalue weighted by Crippen LogP contribution is 2.36. The van der Waals surface area contributed by atoms with Crippen LogP contribution in [0.2, 0.25) is 0 Å². The maximum absolute atomic E-state index is 13.6. The van der Waals surface area contributed by atoms with Crippen molar-refractivity contribution < 1.29 is 19.0 Å². The van der Waals surface area contributed by atoms with E-state index in [9.17, 15) is 9.18 Å². The highest BCUT2D eigenvalue weighted by molar-refractivity contribution is 9.10. The van der Waals surface area contributed by atoms with Crippen LogP contribution in [0.25, 0.3) is 0 Å². The lowest BCUT2D eigenvalue weighted by atomic mass is 9.95. The molecular weight excluding hydrogens is 279 g/mol. The third-order valence-electron chi connectivity index (χ3n) is 2.48. The van der Waals surface area contributed by atoms with Crippen LogP contribution in [0.15, 0.2) is 10.5 Å². The summed E-state index contributed by atoms with van der Waals surface area (Å²) in [6.45, 7) is 3.22. The molecule has 0 bridgehead atoms. The van der Waals surface area contributed by atoms with Crippen LogP contribution < -0.4 is 4.74 Å². The van der Waals surface area contributed by atoms with E-state index in [1.165, 1.54) is 20.1 Å². The van der Waals surface area contributed by atoms with E-state index >= 15 is 0 Å². The van der Waals surface area contributed by atoms with Gasteiger partial charge < -0.3 is 9.84 Å². The maximum Gasteiger partial charge on any atom is 0.310 e. The number of halogens is 2. The number of carboxylic acids is 1. The minimum absolute atomic E-state index is 0.00407. The van der Waals surface area contributed by atoms with E-state index in [1.807, 2.05) is 0 Å². The van der Waals surface area contributed by atoms with Gasteiger partial charge in [-0.2, -0.15) is 0 Å². The zero-order chi connectivity index (χ0) is 12.5. The van der Waals surface area contributed by atoms with Crippen LogP contribution in [0.1, 0.15) is 24.0 Å². The molecule has 3 nitrogen and oxygen atoms in total. The minimum Gasteiger partial charge on any atom is -0.493 e. The van der Waals surface area contributed by atoms with Gasteiger partial charge in [0.1, 0.15) is 0 Å². The molecule has 0 radical (unpaired) electrons. The molecule has 0 saturated carbocycles. The van der Waals surface area contributed by atoms with E-state index in [0.29, 0.717) is 15.6 Å². The van der Waals surface area contributed by atoms with Crippen LogP contribution in [0, 0.1) is 12.7 Å². The molecule has 0 aliphatic heterocycles. The van der Waals surface area contributed by atoms with Gasteiger partial charge in [0.05, 0.1) is 13.0 Å². The lowest BCUT2D eigenvalue weighted by molar-refractivity contribution is -0.138. The molecule has 0 spiro atoms. The Balaban J connectivity index is 3.50. The molecule has 16 heavy (non-hydrogen) atoms. The van der Waals surface area contributed by atoms with Crippen LogP contribution in [0.5, 0.6) is 5.75 Å². The van der Waals surface area contributed by atoms with Crippen molar-refractivity contribution in [2.45, 2.75) is 19.8 Å². The van der Waals surface area contributed by atoms with Crippen LogP contribution in [0.4, 0.5) is 4.39 Å². The first-order valence-corrected chi connectivity index (χ1v) is 5.44.